The van der Waals surface area contributed by atoms with Crippen LogP contribution in [0.1, 0.15) is 56.1 Å². The minimum Gasteiger partial charge on any atom is -0.374 e. The summed E-state index contributed by atoms with van der Waals surface area (Å²) in [6, 6.07) is 19.8. The second-order valence-electron chi connectivity index (χ2n) is 11.9. The van der Waals surface area contributed by atoms with Gasteiger partial charge < -0.3 is 43.6 Å². The molecule has 13 heteroatoms. The Balaban J connectivity index is 1.79. The second-order valence-corrected chi connectivity index (χ2v) is 11.9. The van der Waals surface area contributed by atoms with Crippen molar-refractivity contribution in [3.63, 3.8) is 0 Å². The van der Waals surface area contributed by atoms with Gasteiger partial charge in [-0.15, -0.1) is 0 Å². The molecule has 0 unspecified atom stereocenters. The minimum absolute atomic E-state index is 0.0844. The van der Waals surface area contributed by atoms with E-state index < -0.39 is 35.8 Å². The van der Waals surface area contributed by atoms with E-state index in [4.69, 9.17) is 27.7 Å². The molecular weight excluding hydrogens is 624 g/mol. The van der Waals surface area contributed by atoms with Crippen molar-refractivity contribution in [2.24, 2.45) is 27.9 Å². The molecule has 0 fully saturated rings. The molecule has 0 aliphatic heterocycles. The molecule has 0 spiro atoms. The molecule has 0 aliphatic rings. The van der Waals surface area contributed by atoms with Gasteiger partial charge in [0, 0.05) is 19.4 Å². The Hall–Kier alpha value is -5.01. The Morgan fingerprint density at radius 1 is 0.694 bits per heavy atom. The van der Waals surface area contributed by atoms with Crippen LogP contribution < -0.4 is 38.9 Å². The van der Waals surface area contributed by atoms with Crippen molar-refractivity contribution in [1.82, 2.24) is 16.0 Å². The maximum Gasteiger partial charge on any atom is 0.245 e. The smallest absolute Gasteiger partial charge is 0.245 e. The highest BCUT2D eigenvalue weighted by Gasteiger charge is 2.29. The van der Waals surface area contributed by atoms with Crippen LogP contribution in [0, 0.1) is 0 Å². The summed E-state index contributed by atoms with van der Waals surface area (Å²) >= 11 is 0. The van der Waals surface area contributed by atoms with Crippen molar-refractivity contribution < 1.29 is 23.9 Å². The van der Waals surface area contributed by atoms with E-state index in [2.05, 4.69) is 20.9 Å². The van der Waals surface area contributed by atoms with Crippen LogP contribution in [0.5, 0.6) is 0 Å². The summed E-state index contributed by atoms with van der Waals surface area (Å²) in [6.07, 6.45) is 4.19. The number of fused-ring (bicyclic) bond motifs is 1. The summed E-state index contributed by atoms with van der Waals surface area (Å²) in [5.41, 5.74) is 23.6. The number of hydrogen-bond donors (Lipinski definition) is 7. The number of hydrogen-bond acceptors (Lipinski definition) is 7. The van der Waals surface area contributed by atoms with Gasteiger partial charge in [0.1, 0.15) is 18.1 Å². The first-order chi connectivity index (χ1) is 23.7. The van der Waals surface area contributed by atoms with Crippen LogP contribution in [0.15, 0.2) is 77.8 Å². The molecule has 3 rings (SSSR count). The van der Waals surface area contributed by atoms with Gasteiger partial charge in [-0.05, 0) is 54.1 Å². The first-order valence-corrected chi connectivity index (χ1v) is 16.7. The number of aliphatic imine (C=N–C) groups is 1. The van der Waals surface area contributed by atoms with Crippen molar-refractivity contribution in [3.8, 4) is 0 Å². The number of nitrogens with two attached hydrogens (primary N) is 4. The molecule has 0 heterocycles. The number of amides is 4. The third kappa shape index (κ3) is 14.3. The van der Waals surface area contributed by atoms with Crippen LogP contribution in [-0.4, -0.2) is 67.4 Å². The Kier molecular flexibility index (Phi) is 16.5. The van der Waals surface area contributed by atoms with Crippen LogP contribution >= 0.6 is 0 Å². The Morgan fingerprint density at radius 3 is 2.08 bits per heavy atom. The maximum absolute atomic E-state index is 13.8. The minimum atomic E-state index is -1.11. The lowest BCUT2D eigenvalue weighted by Crippen LogP contribution is -2.57. The summed E-state index contributed by atoms with van der Waals surface area (Å²) in [5.74, 6) is -2.34. The number of primary amides is 1. The fraction of sp³-hybridized carbons (Fsp3) is 0.417. The molecule has 0 aliphatic carbocycles. The molecule has 4 amide bonds. The average Bonchev–Trinajstić information content (AvgIpc) is 3.08. The van der Waals surface area contributed by atoms with E-state index in [1.807, 2.05) is 72.8 Å². The van der Waals surface area contributed by atoms with Crippen LogP contribution in [0.2, 0.25) is 0 Å². The van der Waals surface area contributed by atoms with Gasteiger partial charge in [-0.25, -0.2) is 0 Å². The first kappa shape index (κ1) is 38.4. The van der Waals surface area contributed by atoms with Gasteiger partial charge in [-0.2, -0.15) is 0 Å². The topological polar surface area (TPSA) is 230 Å². The van der Waals surface area contributed by atoms with Gasteiger partial charge in [0.05, 0.1) is 13.2 Å². The molecule has 264 valence electrons. The molecule has 11 N–H and O–H groups in total. The lowest BCUT2D eigenvalue weighted by molar-refractivity contribution is -0.134. The maximum atomic E-state index is 13.8. The summed E-state index contributed by atoms with van der Waals surface area (Å²) in [5, 5.41) is 10.3. The number of ether oxygens (including phenoxy) is 1. The molecule has 0 aromatic heterocycles. The zero-order chi connectivity index (χ0) is 35.4. The van der Waals surface area contributed by atoms with E-state index in [1.165, 1.54) is 0 Å². The fourth-order valence-corrected chi connectivity index (χ4v) is 5.25. The van der Waals surface area contributed by atoms with Gasteiger partial charge in [-0.3, -0.25) is 24.2 Å². The van der Waals surface area contributed by atoms with Crippen molar-refractivity contribution in [3.05, 3.63) is 83.9 Å². The van der Waals surface area contributed by atoms with E-state index in [1.54, 1.807) is 0 Å². The monoisotopic (exact) mass is 674 g/mol. The number of carbonyl (C=O) groups is 4. The van der Waals surface area contributed by atoms with Crippen LogP contribution in [0.3, 0.4) is 0 Å². The number of unbranched alkanes of at least 4 members (excludes halogenated alkanes) is 3. The van der Waals surface area contributed by atoms with Crippen molar-refractivity contribution in [2.75, 3.05) is 19.7 Å². The predicted octanol–water partition coefficient (Wildman–Crippen LogP) is 1.50. The zero-order valence-electron chi connectivity index (χ0n) is 27.9. The SMILES string of the molecule is NCCCCCCC(=O)N[C@@H](COCc1ccccc1)C(=O)N[C@H](Cc1ccc2ccccc2c1)C(=O)N[C@@H](CCCN=C(N)N)C(N)=O. The van der Waals surface area contributed by atoms with E-state index in [0.29, 0.717) is 19.4 Å². The zero-order valence-corrected chi connectivity index (χ0v) is 27.9. The normalized spacial score (nSPS) is 12.8. The highest BCUT2D eigenvalue weighted by atomic mass is 16.5. The van der Waals surface area contributed by atoms with Gasteiger partial charge in [-0.1, -0.05) is 85.6 Å². The summed E-state index contributed by atoms with van der Waals surface area (Å²) < 4.78 is 5.86. The fourth-order valence-electron chi connectivity index (χ4n) is 5.25. The molecule has 0 radical (unpaired) electrons. The molecule has 3 aromatic rings. The van der Waals surface area contributed by atoms with Crippen LogP contribution in [0.25, 0.3) is 10.8 Å². The number of guanidine groups is 1. The van der Waals surface area contributed by atoms with Crippen LogP contribution in [-0.2, 0) is 36.9 Å². The molecule has 0 saturated heterocycles. The van der Waals surface area contributed by atoms with E-state index >= 15 is 0 Å². The Morgan fingerprint density at radius 2 is 1.37 bits per heavy atom. The Labute approximate surface area is 287 Å². The van der Waals surface area contributed by atoms with Crippen molar-refractivity contribution in [1.29, 1.82) is 0 Å². The summed E-state index contributed by atoms with van der Waals surface area (Å²) in [6.45, 7) is 0.940. The molecule has 0 saturated carbocycles. The highest BCUT2D eigenvalue weighted by Crippen LogP contribution is 2.17. The van der Waals surface area contributed by atoms with Gasteiger partial charge in [0.25, 0.3) is 0 Å². The first-order valence-electron chi connectivity index (χ1n) is 16.7. The third-order valence-electron chi connectivity index (χ3n) is 7.90. The number of nitrogens with one attached hydrogen (secondary N) is 3. The molecular formula is C36H50N8O5. The Bertz CT molecular complexity index is 1530. The molecule has 3 aromatic carbocycles. The molecule has 0 bridgehead atoms. The highest BCUT2D eigenvalue weighted by molar-refractivity contribution is 5.94. The van der Waals surface area contributed by atoms with Gasteiger partial charge in [0.15, 0.2) is 5.96 Å². The third-order valence-corrected chi connectivity index (χ3v) is 7.90. The second kappa shape index (κ2) is 21.1. The quantitative estimate of drug-likeness (QED) is 0.0468. The predicted molar refractivity (Wildman–Crippen MR) is 191 cm³/mol. The van der Waals surface area contributed by atoms with E-state index in [0.717, 1.165) is 41.2 Å². The van der Waals surface area contributed by atoms with E-state index in [9.17, 15) is 19.2 Å². The van der Waals surface area contributed by atoms with Crippen molar-refractivity contribution in [2.45, 2.75) is 76.1 Å². The average molecular weight is 675 g/mol. The van der Waals surface area contributed by atoms with E-state index in [-0.39, 0.29) is 50.9 Å². The number of nitrogens with zero attached hydrogens (tertiary/aromatic N) is 1. The van der Waals surface area contributed by atoms with Gasteiger partial charge >= 0.3 is 0 Å². The molecule has 13 nitrogen and oxygen atoms in total. The largest absolute Gasteiger partial charge is 0.374 e. The summed E-state index contributed by atoms with van der Waals surface area (Å²) in [4.78, 5) is 56.7. The van der Waals surface area contributed by atoms with Crippen LogP contribution in [0.4, 0.5) is 0 Å². The number of rotatable bonds is 22. The molecule has 3 atom stereocenters. The number of benzene rings is 3. The van der Waals surface area contributed by atoms with Gasteiger partial charge in [0.2, 0.25) is 23.6 Å². The number of carbonyl (C=O) groups excluding carboxylic acids is 4. The summed E-state index contributed by atoms with van der Waals surface area (Å²) in [7, 11) is 0. The standard InChI is InChI=1S/C36H50N8O5/c37-19-9-2-1-6-16-32(45)42-31(24-49-23-25-11-4-3-5-12-25)35(48)44-30(22-26-17-18-27-13-7-8-14-28(27)21-26)34(47)43-29(33(38)46)15-10-20-41-36(39)40/h3-5,7-8,11-14,17-18,21,29-31H,1-2,6,9-10,15-16,19-20,22-24,37H2,(H2,38,46)(H,42,45)(H,43,47)(H,44,48)(H4,39,40,41)/t29-,30+,31-/m0/s1. The van der Waals surface area contributed by atoms with Crippen molar-refractivity contribution >= 4 is 40.4 Å². The lowest BCUT2D eigenvalue weighted by atomic mass is 10.00. The lowest BCUT2D eigenvalue weighted by Gasteiger charge is -2.25. The molecule has 49 heavy (non-hydrogen) atoms.